The molecule has 0 heterocycles. The fourth-order valence-corrected chi connectivity index (χ4v) is 1.72. The van der Waals surface area contributed by atoms with Crippen LogP contribution in [0, 0.1) is 11.3 Å². The Morgan fingerprint density at radius 2 is 2.00 bits per heavy atom. The minimum Gasteiger partial charge on any atom is -0.324 e. The quantitative estimate of drug-likeness (QED) is 0.909. The summed E-state index contributed by atoms with van der Waals surface area (Å²) in [6.45, 7) is 1.62. The van der Waals surface area contributed by atoms with Crippen molar-refractivity contribution in [2.24, 2.45) is 0 Å². The maximum atomic E-state index is 12.4. The molecule has 1 aromatic carbocycles. The van der Waals surface area contributed by atoms with Crippen molar-refractivity contribution in [2.45, 2.75) is 26.1 Å². The summed E-state index contributed by atoms with van der Waals surface area (Å²) in [4.78, 5) is 12.9. The number of benzene rings is 1. The second-order valence-electron chi connectivity index (χ2n) is 4.82. The molecule has 1 rings (SSSR count). The van der Waals surface area contributed by atoms with Crippen LogP contribution in [0.4, 0.5) is 18.9 Å². The minimum atomic E-state index is -4.37. The number of para-hydroxylation sites is 1. The van der Waals surface area contributed by atoms with Gasteiger partial charge in [0.2, 0.25) is 5.91 Å². The van der Waals surface area contributed by atoms with Crippen molar-refractivity contribution in [3.05, 3.63) is 29.8 Å². The molecule has 0 spiro atoms. The van der Waals surface area contributed by atoms with Crippen molar-refractivity contribution in [2.75, 3.05) is 18.4 Å². The lowest BCUT2D eigenvalue weighted by Crippen LogP contribution is -2.43. The van der Waals surface area contributed by atoms with Gasteiger partial charge in [-0.2, -0.15) is 18.4 Å². The maximum absolute atomic E-state index is 12.4. The van der Waals surface area contributed by atoms with Crippen LogP contribution < -0.4 is 5.32 Å². The average Bonchev–Trinajstić information content (AvgIpc) is 2.36. The summed E-state index contributed by atoms with van der Waals surface area (Å²) >= 11 is 0. The molecule has 0 aliphatic rings. The Hall–Kier alpha value is -2.07. The SMILES string of the molecule is CC(C)N(CC(=O)Nc1ccccc1C#N)CC(F)(F)F. The van der Waals surface area contributed by atoms with Crippen LogP contribution in [0.5, 0.6) is 0 Å². The topological polar surface area (TPSA) is 56.1 Å². The second-order valence-corrected chi connectivity index (χ2v) is 4.82. The van der Waals surface area contributed by atoms with Crippen LogP contribution in [0.15, 0.2) is 24.3 Å². The van der Waals surface area contributed by atoms with Gasteiger partial charge in [-0.15, -0.1) is 0 Å². The largest absolute Gasteiger partial charge is 0.401 e. The molecule has 0 fully saturated rings. The van der Waals surface area contributed by atoms with Gasteiger partial charge in [-0.1, -0.05) is 12.1 Å². The lowest BCUT2D eigenvalue weighted by atomic mass is 10.2. The molecule has 21 heavy (non-hydrogen) atoms. The lowest BCUT2D eigenvalue weighted by Gasteiger charge is -2.26. The summed E-state index contributed by atoms with van der Waals surface area (Å²) in [5, 5.41) is 11.4. The Bertz CT molecular complexity index is 535. The first-order valence-electron chi connectivity index (χ1n) is 6.32. The number of nitrogens with one attached hydrogen (secondary N) is 1. The molecule has 0 unspecified atom stereocenters. The van der Waals surface area contributed by atoms with Crippen LogP contribution in [0.3, 0.4) is 0 Å². The third-order valence-electron chi connectivity index (χ3n) is 2.78. The summed E-state index contributed by atoms with van der Waals surface area (Å²) in [6, 6.07) is 7.80. The van der Waals surface area contributed by atoms with E-state index in [2.05, 4.69) is 5.32 Å². The Morgan fingerprint density at radius 1 is 1.38 bits per heavy atom. The van der Waals surface area contributed by atoms with Gasteiger partial charge in [0.1, 0.15) is 6.07 Å². The number of carbonyl (C=O) groups excluding carboxylic acids is 1. The maximum Gasteiger partial charge on any atom is 0.401 e. The number of alkyl halides is 3. The van der Waals surface area contributed by atoms with E-state index in [1.807, 2.05) is 6.07 Å². The molecule has 1 aromatic rings. The van der Waals surface area contributed by atoms with Gasteiger partial charge in [-0.25, -0.2) is 0 Å². The molecule has 0 aromatic heterocycles. The van der Waals surface area contributed by atoms with Crippen molar-refractivity contribution in [1.82, 2.24) is 4.90 Å². The molecule has 114 valence electrons. The average molecular weight is 299 g/mol. The number of amides is 1. The van der Waals surface area contributed by atoms with E-state index in [9.17, 15) is 18.0 Å². The van der Waals surface area contributed by atoms with Crippen LogP contribution in [-0.4, -0.2) is 36.1 Å². The van der Waals surface area contributed by atoms with Gasteiger partial charge < -0.3 is 5.32 Å². The summed E-state index contributed by atoms with van der Waals surface area (Å²) in [6.07, 6.45) is -4.37. The van der Waals surface area contributed by atoms with Crippen LogP contribution in [-0.2, 0) is 4.79 Å². The number of nitrogens with zero attached hydrogens (tertiary/aromatic N) is 2. The zero-order chi connectivity index (χ0) is 16.0. The highest BCUT2D eigenvalue weighted by Crippen LogP contribution is 2.18. The summed E-state index contributed by atoms with van der Waals surface area (Å²) in [5.41, 5.74) is 0.554. The first kappa shape index (κ1) is 17.0. The second kappa shape index (κ2) is 7.09. The summed E-state index contributed by atoms with van der Waals surface area (Å²) < 4.78 is 37.3. The molecule has 0 saturated carbocycles. The Balaban J connectivity index is 2.73. The van der Waals surface area contributed by atoms with Crippen molar-refractivity contribution in [3.63, 3.8) is 0 Å². The zero-order valence-electron chi connectivity index (χ0n) is 11.7. The Labute approximate surface area is 121 Å². The molecule has 1 N–H and O–H groups in total. The van der Waals surface area contributed by atoms with Gasteiger partial charge >= 0.3 is 6.18 Å². The molecule has 4 nitrogen and oxygen atoms in total. The van der Waals surface area contributed by atoms with E-state index >= 15 is 0 Å². The molecule has 0 aliphatic carbocycles. The third-order valence-corrected chi connectivity index (χ3v) is 2.78. The van der Waals surface area contributed by atoms with Crippen LogP contribution in [0.1, 0.15) is 19.4 Å². The number of halogens is 3. The number of hydrogen-bond donors (Lipinski definition) is 1. The number of anilines is 1. The van der Waals surface area contributed by atoms with Crippen LogP contribution >= 0.6 is 0 Å². The van der Waals surface area contributed by atoms with E-state index in [4.69, 9.17) is 5.26 Å². The van der Waals surface area contributed by atoms with Crippen LogP contribution in [0.25, 0.3) is 0 Å². The van der Waals surface area contributed by atoms with Crippen molar-refractivity contribution in [3.8, 4) is 6.07 Å². The fourth-order valence-electron chi connectivity index (χ4n) is 1.72. The molecule has 1 amide bonds. The van der Waals surface area contributed by atoms with Gasteiger partial charge in [0, 0.05) is 6.04 Å². The first-order valence-corrected chi connectivity index (χ1v) is 6.32. The molecular formula is C14H16F3N3O. The zero-order valence-corrected chi connectivity index (χ0v) is 11.7. The summed E-state index contributed by atoms with van der Waals surface area (Å²) in [5.74, 6) is -0.587. The van der Waals surface area contributed by atoms with Gasteiger partial charge in [0.25, 0.3) is 0 Å². The monoisotopic (exact) mass is 299 g/mol. The van der Waals surface area contributed by atoms with Gasteiger partial charge in [-0.05, 0) is 26.0 Å². The van der Waals surface area contributed by atoms with E-state index in [0.29, 0.717) is 5.69 Å². The lowest BCUT2D eigenvalue weighted by molar-refractivity contribution is -0.151. The third kappa shape index (κ3) is 5.83. The highest BCUT2D eigenvalue weighted by molar-refractivity contribution is 5.93. The molecule has 0 bridgehead atoms. The minimum absolute atomic E-state index is 0.262. The molecular weight excluding hydrogens is 283 g/mol. The van der Waals surface area contributed by atoms with E-state index in [0.717, 1.165) is 4.90 Å². The first-order chi connectivity index (χ1) is 9.73. The molecule has 0 saturated heterocycles. The van der Waals surface area contributed by atoms with Gasteiger partial charge in [0.05, 0.1) is 24.3 Å². The standard InChI is InChI=1S/C14H16F3N3O/c1-10(2)20(9-14(15,16)17)8-13(21)19-12-6-4-3-5-11(12)7-18/h3-6,10H,8-9H2,1-2H3,(H,19,21). The van der Waals surface area contributed by atoms with Crippen molar-refractivity contribution in [1.29, 1.82) is 5.26 Å². The van der Waals surface area contributed by atoms with E-state index in [1.165, 1.54) is 12.1 Å². The highest BCUT2D eigenvalue weighted by Gasteiger charge is 2.32. The smallest absolute Gasteiger partial charge is 0.324 e. The molecule has 0 aliphatic heterocycles. The van der Waals surface area contributed by atoms with Crippen molar-refractivity contribution < 1.29 is 18.0 Å². The van der Waals surface area contributed by atoms with E-state index < -0.39 is 31.2 Å². The molecule has 0 radical (unpaired) electrons. The predicted octanol–water partition coefficient (Wildman–Crippen LogP) is 2.77. The number of rotatable bonds is 5. The Kier molecular flexibility index (Phi) is 5.73. The number of hydrogen-bond acceptors (Lipinski definition) is 3. The summed E-state index contributed by atoms with van der Waals surface area (Å²) in [7, 11) is 0. The fraction of sp³-hybridized carbons (Fsp3) is 0.429. The van der Waals surface area contributed by atoms with E-state index in [1.54, 1.807) is 26.0 Å². The highest BCUT2D eigenvalue weighted by atomic mass is 19.4. The van der Waals surface area contributed by atoms with E-state index in [-0.39, 0.29) is 5.56 Å². The number of carbonyl (C=O) groups is 1. The van der Waals surface area contributed by atoms with Crippen LogP contribution in [0.2, 0.25) is 0 Å². The predicted molar refractivity (Wildman–Crippen MR) is 72.6 cm³/mol. The van der Waals surface area contributed by atoms with Gasteiger partial charge in [-0.3, -0.25) is 9.69 Å². The van der Waals surface area contributed by atoms with Crippen molar-refractivity contribution >= 4 is 11.6 Å². The normalized spacial score (nSPS) is 11.5. The molecule has 0 atom stereocenters. The number of nitriles is 1. The Morgan fingerprint density at radius 3 is 2.52 bits per heavy atom. The van der Waals surface area contributed by atoms with Gasteiger partial charge in [0.15, 0.2) is 0 Å². The molecule has 7 heteroatoms.